The average Bonchev–Trinajstić information content (AvgIpc) is 2.72. The lowest BCUT2D eigenvalue weighted by Gasteiger charge is -2.20. The van der Waals surface area contributed by atoms with Crippen molar-refractivity contribution in [1.82, 2.24) is 5.32 Å². The number of carboxylic acid groups (broad SMARTS) is 1. The van der Waals surface area contributed by atoms with Crippen LogP contribution < -0.4 is 10.6 Å². The lowest BCUT2D eigenvalue weighted by Crippen LogP contribution is -2.40. The molecule has 21 heavy (non-hydrogen) atoms. The van der Waals surface area contributed by atoms with Gasteiger partial charge in [-0.15, -0.1) is 0 Å². The van der Waals surface area contributed by atoms with Gasteiger partial charge in [-0.05, 0) is 42.9 Å². The highest BCUT2D eigenvalue weighted by Gasteiger charge is 2.30. The van der Waals surface area contributed by atoms with E-state index in [9.17, 15) is 9.59 Å². The molecule has 3 N–H and O–H groups in total. The van der Waals surface area contributed by atoms with Crippen LogP contribution in [0.15, 0.2) is 18.2 Å². The Bertz CT molecular complexity index is 562. The first-order valence-corrected chi connectivity index (χ1v) is 7.36. The molecule has 2 amide bonds. The summed E-state index contributed by atoms with van der Waals surface area (Å²) in [6.45, 7) is 4.32. The Balaban J connectivity index is 2.00. The van der Waals surface area contributed by atoms with Crippen LogP contribution in [-0.2, 0) is 0 Å². The molecule has 5 nitrogen and oxygen atoms in total. The molecule has 1 aliphatic carbocycles. The lowest BCUT2D eigenvalue weighted by molar-refractivity contribution is 0.0697. The number of carbonyl (C=O) groups is 2. The average molecular weight is 311 g/mol. The summed E-state index contributed by atoms with van der Waals surface area (Å²) in [6.07, 6.45) is 2.08. The Morgan fingerprint density at radius 3 is 2.57 bits per heavy atom. The number of anilines is 1. The van der Waals surface area contributed by atoms with Crippen molar-refractivity contribution in [1.29, 1.82) is 0 Å². The fraction of sp³-hybridized carbons (Fsp3) is 0.467. The van der Waals surface area contributed by atoms with Gasteiger partial charge in [0.15, 0.2) is 0 Å². The van der Waals surface area contributed by atoms with E-state index in [1.54, 1.807) is 6.07 Å². The Morgan fingerprint density at radius 2 is 2.00 bits per heavy atom. The van der Waals surface area contributed by atoms with Crippen LogP contribution >= 0.6 is 11.6 Å². The van der Waals surface area contributed by atoms with Crippen molar-refractivity contribution in [3.05, 3.63) is 28.8 Å². The summed E-state index contributed by atoms with van der Waals surface area (Å²) in [4.78, 5) is 23.0. The highest BCUT2D eigenvalue weighted by Crippen LogP contribution is 2.31. The van der Waals surface area contributed by atoms with Crippen molar-refractivity contribution >= 4 is 29.3 Å². The second-order valence-electron chi connectivity index (χ2n) is 5.62. The summed E-state index contributed by atoms with van der Waals surface area (Å²) in [7, 11) is 0. The minimum atomic E-state index is -1.12. The van der Waals surface area contributed by atoms with Crippen LogP contribution in [-0.4, -0.2) is 23.1 Å². The minimum absolute atomic E-state index is 0.0303. The SMILES string of the molecule is CC1CCC(NC(=O)Nc2ccc(Cl)c(C(=O)O)c2)C1C. The fourth-order valence-corrected chi connectivity index (χ4v) is 2.87. The van der Waals surface area contributed by atoms with Gasteiger partial charge in [0, 0.05) is 11.7 Å². The van der Waals surface area contributed by atoms with E-state index in [-0.39, 0.29) is 22.7 Å². The highest BCUT2D eigenvalue weighted by atomic mass is 35.5. The van der Waals surface area contributed by atoms with Crippen molar-refractivity contribution in [2.24, 2.45) is 11.8 Å². The number of aromatic carboxylic acids is 1. The number of rotatable bonds is 3. The number of amides is 2. The first-order chi connectivity index (χ1) is 9.88. The van der Waals surface area contributed by atoms with Gasteiger partial charge in [-0.2, -0.15) is 0 Å². The largest absolute Gasteiger partial charge is 0.478 e. The molecule has 1 aliphatic rings. The van der Waals surface area contributed by atoms with Gasteiger partial charge in [0.05, 0.1) is 10.6 Å². The molecular formula is C15H19ClN2O3. The maximum atomic E-state index is 12.0. The van der Waals surface area contributed by atoms with Gasteiger partial charge in [0.2, 0.25) is 0 Å². The molecule has 0 aliphatic heterocycles. The molecule has 2 rings (SSSR count). The summed E-state index contributed by atoms with van der Waals surface area (Å²) in [5.41, 5.74) is 0.380. The van der Waals surface area contributed by atoms with Gasteiger partial charge in [-0.3, -0.25) is 0 Å². The number of carboxylic acids is 1. The van der Waals surface area contributed by atoms with E-state index in [0.29, 0.717) is 17.5 Å². The van der Waals surface area contributed by atoms with Crippen molar-refractivity contribution in [2.75, 3.05) is 5.32 Å². The number of nitrogens with one attached hydrogen (secondary N) is 2. The lowest BCUT2D eigenvalue weighted by atomic mass is 9.98. The molecule has 0 bridgehead atoms. The highest BCUT2D eigenvalue weighted by molar-refractivity contribution is 6.33. The normalized spacial score (nSPS) is 24.6. The van der Waals surface area contributed by atoms with Gasteiger partial charge in [0.25, 0.3) is 0 Å². The molecule has 3 atom stereocenters. The molecule has 0 heterocycles. The number of hydrogen-bond acceptors (Lipinski definition) is 2. The zero-order valence-corrected chi connectivity index (χ0v) is 12.8. The molecule has 1 saturated carbocycles. The molecule has 0 aromatic heterocycles. The van der Waals surface area contributed by atoms with Crippen molar-refractivity contribution < 1.29 is 14.7 Å². The van der Waals surface area contributed by atoms with Crippen LogP contribution in [0.5, 0.6) is 0 Å². The molecule has 1 aromatic carbocycles. The number of urea groups is 1. The van der Waals surface area contributed by atoms with Gasteiger partial charge in [-0.25, -0.2) is 9.59 Å². The Hall–Kier alpha value is -1.75. The molecule has 1 aromatic rings. The monoisotopic (exact) mass is 310 g/mol. The van der Waals surface area contributed by atoms with E-state index in [1.807, 2.05) is 0 Å². The van der Waals surface area contributed by atoms with E-state index in [4.69, 9.17) is 16.7 Å². The second kappa shape index (κ2) is 6.35. The summed E-state index contributed by atoms with van der Waals surface area (Å²) >= 11 is 5.79. The predicted octanol–water partition coefficient (Wildman–Crippen LogP) is 3.59. The summed E-state index contributed by atoms with van der Waals surface area (Å²) in [6, 6.07) is 4.23. The Morgan fingerprint density at radius 1 is 1.29 bits per heavy atom. The number of benzene rings is 1. The van der Waals surface area contributed by atoms with Crippen LogP contribution in [0.1, 0.15) is 37.0 Å². The fourth-order valence-electron chi connectivity index (χ4n) is 2.67. The minimum Gasteiger partial charge on any atom is -0.478 e. The van der Waals surface area contributed by atoms with Crippen LogP contribution in [0.25, 0.3) is 0 Å². The van der Waals surface area contributed by atoms with E-state index in [1.165, 1.54) is 12.1 Å². The van der Waals surface area contributed by atoms with E-state index in [2.05, 4.69) is 24.5 Å². The summed E-state index contributed by atoms with van der Waals surface area (Å²) < 4.78 is 0. The maximum Gasteiger partial charge on any atom is 0.337 e. The number of carbonyl (C=O) groups excluding carboxylic acids is 1. The topological polar surface area (TPSA) is 78.4 Å². The standard InChI is InChI=1S/C15H19ClN2O3/c1-8-3-6-13(9(8)2)18-15(21)17-10-4-5-12(16)11(7-10)14(19)20/h4-5,7-9,13H,3,6H2,1-2H3,(H,19,20)(H2,17,18,21). The molecule has 0 saturated heterocycles. The van der Waals surface area contributed by atoms with Gasteiger partial charge in [-0.1, -0.05) is 25.4 Å². The van der Waals surface area contributed by atoms with Crippen molar-refractivity contribution in [3.63, 3.8) is 0 Å². The molecule has 6 heteroatoms. The number of hydrogen-bond donors (Lipinski definition) is 3. The second-order valence-corrected chi connectivity index (χ2v) is 6.03. The number of halogens is 1. The van der Waals surface area contributed by atoms with Gasteiger partial charge >= 0.3 is 12.0 Å². The smallest absolute Gasteiger partial charge is 0.337 e. The van der Waals surface area contributed by atoms with Crippen LogP contribution in [0, 0.1) is 11.8 Å². The van der Waals surface area contributed by atoms with Crippen LogP contribution in [0.3, 0.4) is 0 Å². The van der Waals surface area contributed by atoms with Gasteiger partial charge in [0.1, 0.15) is 0 Å². The third-order valence-corrected chi connectivity index (χ3v) is 4.57. The van der Waals surface area contributed by atoms with Crippen LogP contribution in [0.2, 0.25) is 5.02 Å². The first kappa shape index (κ1) is 15.6. The molecule has 114 valence electrons. The summed E-state index contributed by atoms with van der Waals surface area (Å²) in [5.74, 6) is -0.0812. The quantitative estimate of drug-likeness (QED) is 0.798. The molecule has 1 fully saturated rings. The zero-order valence-electron chi connectivity index (χ0n) is 12.0. The predicted molar refractivity (Wildman–Crippen MR) is 81.9 cm³/mol. The summed E-state index contributed by atoms with van der Waals surface area (Å²) in [5, 5.41) is 14.7. The van der Waals surface area contributed by atoms with E-state index < -0.39 is 5.97 Å². The van der Waals surface area contributed by atoms with Crippen LogP contribution in [0.4, 0.5) is 10.5 Å². The van der Waals surface area contributed by atoms with E-state index in [0.717, 1.165) is 12.8 Å². The third-order valence-electron chi connectivity index (χ3n) is 4.24. The van der Waals surface area contributed by atoms with Crippen molar-refractivity contribution in [2.45, 2.75) is 32.7 Å². The zero-order chi connectivity index (χ0) is 15.6. The third kappa shape index (κ3) is 3.67. The molecule has 0 radical (unpaired) electrons. The molecular weight excluding hydrogens is 292 g/mol. The molecule has 3 unspecified atom stereocenters. The Labute approximate surface area is 128 Å². The maximum absolute atomic E-state index is 12.0. The molecule has 0 spiro atoms. The van der Waals surface area contributed by atoms with E-state index >= 15 is 0 Å². The van der Waals surface area contributed by atoms with Gasteiger partial charge < -0.3 is 15.7 Å². The first-order valence-electron chi connectivity index (χ1n) is 6.99. The Kier molecular flexibility index (Phi) is 4.73. The van der Waals surface area contributed by atoms with Crippen molar-refractivity contribution in [3.8, 4) is 0 Å².